The van der Waals surface area contributed by atoms with Crippen molar-refractivity contribution < 1.29 is 0 Å². The second kappa shape index (κ2) is 6.09. The second-order valence-corrected chi connectivity index (χ2v) is 3.94. The number of rotatable bonds is 3. The third-order valence-electron chi connectivity index (χ3n) is 2.13. The fraction of sp³-hybridized carbons (Fsp3) is 0.333. The van der Waals surface area contributed by atoms with Crippen LogP contribution in [0.15, 0.2) is 30.3 Å². The van der Waals surface area contributed by atoms with Crippen LogP contribution in [0, 0.1) is 11.3 Å². The first-order chi connectivity index (χ1) is 7.66. The molecule has 0 N–H and O–H groups in total. The van der Waals surface area contributed by atoms with Crippen molar-refractivity contribution in [2.75, 3.05) is 25.5 Å². The van der Waals surface area contributed by atoms with Gasteiger partial charge in [-0.15, -0.1) is 0 Å². The van der Waals surface area contributed by atoms with Crippen molar-refractivity contribution in [1.82, 2.24) is 4.90 Å². The predicted octanol–water partition coefficient (Wildman–Crippen LogP) is 2.25. The molecule has 0 radical (unpaired) electrons. The Labute approximate surface area is 102 Å². The summed E-state index contributed by atoms with van der Waals surface area (Å²) in [6.45, 7) is 0.623. The van der Waals surface area contributed by atoms with E-state index >= 15 is 0 Å². The molecule has 0 aliphatic heterocycles. The van der Waals surface area contributed by atoms with E-state index in [0.29, 0.717) is 13.0 Å². The van der Waals surface area contributed by atoms with Gasteiger partial charge in [0.25, 0.3) is 0 Å². The van der Waals surface area contributed by atoms with Gasteiger partial charge in [0.05, 0.1) is 12.5 Å². The van der Waals surface area contributed by atoms with Crippen LogP contribution in [-0.2, 0) is 0 Å². The van der Waals surface area contributed by atoms with Gasteiger partial charge < -0.3 is 9.80 Å². The topological polar surface area (TPSA) is 30.3 Å². The highest BCUT2D eigenvalue weighted by Gasteiger charge is 2.12. The van der Waals surface area contributed by atoms with Crippen molar-refractivity contribution in [3.05, 3.63) is 30.3 Å². The highest BCUT2D eigenvalue weighted by atomic mass is 32.1. The molecule has 0 aromatic heterocycles. The Balaban J connectivity index is 2.88. The van der Waals surface area contributed by atoms with Crippen molar-refractivity contribution in [1.29, 1.82) is 5.26 Å². The van der Waals surface area contributed by atoms with Crippen LogP contribution in [0.2, 0.25) is 0 Å². The molecule has 4 heteroatoms. The summed E-state index contributed by atoms with van der Waals surface area (Å²) in [6, 6.07) is 12.0. The molecule has 0 saturated carbocycles. The Bertz CT molecular complexity index is 381. The van der Waals surface area contributed by atoms with Gasteiger partial charge in [-0.05, 0) is 24.4 Å². The highest BCUT2D eigenvalue weighted by molar-refractivity contribution is 7.80. The van der Waals surface area contributed by atoms with E-state index in [1.807, 2.05) is 54.2 Å². The van der Waals surface area contributed by atoms with Crippen LogP contribution in [0.25, 0.3) is 0 Å². The van der Waals surface area contributed by atoms with E-state index in [2.05, 4.69) is 6.07 Å². The zero-order chi connectivity index (χ0) is 12.0. The highest BCUT2D eigenvalue weighted by Crippen LogP contribution is 2.15. The quantitative estimate of drug-likeness (QED) is 0.749. The Morgan fingerprint density at radius 1 is 1.31 bits per heavy atom. The Morgan fingerprint density at radius 3 is 2.44 bits per heavy atom. The van der Waals surface area contributed by atoms with Crippen LogP contribution in [0.5, 0.6) is 0 Å². The van der Waals surface area contributed by atoms with Gasteiger partial charge in [0.1, 0.15) is 0 Å². The molecule has 0 spiro atoms. The third kappa shape index (κ3) is 3.21. The molecule has 16 heavy (non-hydrogen) atoms. The molecule has 0 aliphatic carbocycles. The average molecular weight is 233 g/mol. The lowest BCUT2D eigenvalue weighted by molar-refractivity contribution is 0.616. The van der Waals surface area contributed by atoms with Crippen molar-refractivity contribution >= 4 is 23.0 Å². The van der Waals surface area contributed by atoms with Crippen LogP contribution >= 0.6 is 12.2 Å². The molecule has 0 amide bonds. The first kappa shape index (κ1) is 12.5. The van der Waals surface area contributed by atoms with Crippen LogP contribution in [-0.4, -0.2) is 30.7 Å². The second-order valence-electron chi connectivity index (χ2n) is 3.57. The average Bonchev–Trinajstić information content (AvgIpc) is 2.30. The molecule has 84 valence electrons. The van der Waals surface area contributed by atoms with Gasteiger partial charge in [-0.3, -0.25) is 0 Å². The smallest absolute Gasteiger partial charge is 0.175 e. The first-order valence-electron chi connectivity index (χ1n) is 5.07. The minimum Gasteiger partial charge on any atom is -0.355 e. The summed E-state index contributed by atoms with van der Waals surface area (Å²) < 4.78 is 0. The zero-order valence-electron chi connectivity index (χ0n) is 9.55. The number of nitrogens with zero attached hydrogens (tertiary/aromatic N) is 3. The van der Waals surface area contributed by atoms with E-state index in [1.165, 1.54) is 0 Å². The van der Waals surface area contributed by atoms with E-state index in [0.717, 1.165) is 10.8 Å². The number of hydrogen-bond donors (Lipinski definition) is 0. The van der Waals surface area contributed by atoms with Crippen LogP contribution in [0.3, 0.4) is 0 Å². The Morgan fingerprint density at radius 2 is 1.94 bits per heavy atom. The van der Waals surface area contributed by atoms with E-state index < -0.39 is 0 Å². The van der Waals surface area contributed by atoms with Gasteiger partial charge in [-0.2, -0.15) is 5.26 Å². The third-order valence-corrected chi connectivity index (χ3v) is 2.71. The Hall–Kier alpha value is -1.60. The summed E-state index contributed by atoms with van der Waals surface area (Å²) in [5, 5.41) is 9.37. The monoisotopic (exact) mass is 233 g/mol. The number of para-hydroxylation sites is 1. The van der Waals surface area contributed by atoms with Gasteiger partial charge in [0.2, 0.25) is 0 Å². The summed E-state index contributed by atoms with van der Waals surface area (Å²) in [5.74, 6) is 0. The molecule has 0 saturated heterocycles. The summed E-state index contributed by atoms with van der Waals surface area (Å²) in [4.78, 5) is 3.85. The lowest BCUT2D eigenvalue weighted by atomic mass is 10.3. The molecule has 0 heterocycles. The van der Waals surface area contributed by atoms with Crippen molar-refractivity contribution in [3.63, 3.8) is 0 Å². The van der Waals surface area contributed by atoms with E-state index in [-0.39, 0.29) is 0 Å². The maximum atomic E-state index is 8.65. The van der Waals surface area contributed by atoms with Crippen LogP contribution < -0.4 is 4.90 Å². The molecule has 1 rings (SSSR count). The van der Waals surface area contributed by atoms with Crippen LogP contribution in [0.1, 0.15) is 6.42 Å². The molecule has 3 nitrogen and oxygen atoms in total. The van der Waals surface area contributed by atoms with Gasteiger partial charge >= 0.3 is 0 Å². The van der Waals surface area contributed by atoms with Crippen molar-refractivity contribution in [2.24, 2.45) is 0 Å². The molecule has 0 unspecified atom stereocenters. The molecule has 0 fully saturated rings. The van der Waals surface area contributed by atoms with Gasteiger partial charge in [0, 0.05) is 26.3 Å². The fourth-order valence-corrected chi connectivity index (χ4v) is 1.54. The summed E-state index contributed by atoms with van der Waals surface area (Å²) in [6.07, 6.45) is 0.461. The van der Waals surface area contributed by atoms with E-state index in [4.69, 9.17) is 17.5 Å². The zero-order valence-corrected chi connectivity index (χ0v) is 10.4. The minimum absolute atomic E-state index is 0.461. The number of anilines is 1. The standard InChI is InChI=1S/C12H15N3S/c1-14(2)12(16)15(10-6-9-13)11-7-4-3-5-8-11/h3-5,7-8H,6,10H2,1-2H3. The number of thiocarbonyl (C=S) groups is 1. The summed E-state index contributed by atoms with van der Waals surface area (Å²) in [7, 11) is 3.81. The van der Waals surface area contributed by atoms with E-state index in [1.54, 1.807) is 0 Å². The van der Waals surface area contributed by atoms with Gasteiger partial charge in [-0.1, -0.05) is 18.2 Å². The molecular formula is C12H15N3S. The fourth-order valence-electron chi connectivity index (χ4n) is 1.35. The Kier molecular flexibility index (Phi) is 4.74. The number of benzene rings is 1. The van der Waals surface area contributed by atoms with Crippen LogP contribution in [0.4, 0.5) is 5.69 Å². The maximum absolute atomic E-state index is 8.65. The van der Waals surface area contributed by atoms with Gasteiger partial charge in [-0.25, -0.2) is 0 Å². The molecule has 0 bridgehead atoms. The van der Waals surface area contributed by atoms with Crippen molar-refractivity contribution in [3.8, 4) is 6.07 Å². The molecular weight excluding hydrogens is 218 g/mol. The number of hydrogen-bond acceptors (Lipinski definition) is 2. The largest absolute Gasteiger partial charge is 0.355 e. The summed E-state index contributed by atoms with van der Waals surface area (Å²) >= 11 is 5.34. The molecule has 1 aromatic carbocycles. The lowest BCUT2D eigenvalue weighted by Gasteiger charge is -2.28. The predicted molar refractivity (Wildman–Crippen MR) is 70.3 cm³/mol. The molecule has 1 aromatic rings. The summed E-state index contributed by atoms with van der Waals surface area (Å²) in [5.41, 5.74) is 1.02. The number of nitriles is 1. The maximum Gasteiger partial charge on any atom is 0.175 e. The van der Waals surface area contributed by atoms with Gasteiger partial charge in [0.15, 0.2) is 5.11 Å². The minimum atomic E-state index is 0.461. The molecule has 0 aliphatic rings. The first-order valence-corrected chi connectivity index (χ1v) is 5.48. The lowest BCUT2D eigenvalue weighted by Crippen LogP contribution is -2.39. The molecule has 0 atom stereocenters. The van der Waals surface area contributed by atoms with E-state index in [9.17, 15) is 0 Å². The van der Waals surface area contributed by atoms with Crippen molar-refractivity contribution in [2.45, 2.75) is 6.42 Å². The SMILES string of the molecule is CN(C)C(=S)N(CCC#N)c1ccccc1. The normalized spacial score (nSPS) is 9.31.